The number of nitrogens with zero attached hydrogens (tertiary/aromatic N) is 1. The van der Waals surface area contributed by atoms with Crippen LogP contribution < -0.4 is 5.73 Å². The van der Waals surface area contributed by atoms with Crippen molar-refractivity contribution in [3.8, 4) is 11.1 Å². The smallest absolute Gasteiger partial charge is 0.0457 e. The number of likely N-dealkylation sites (tertiary alicyclic amines) is 1. The van der Waals surface area contributed by atoms with Gasteiger partial charge in [0.05, 0.1) is 0 Å². The molecule has 2 N–H and O–H groups in total. The minimum absolute atomic E-state index is 0. The van der Waals surface area contributed by atoms with E-state index < -0.39 is 0 Å². The highest BCUT2D eigenvalue weighted by Crippen LogP contribution is 2.28. The van der Waals surface area contributed by atoms with Gasteiger partial charge in [-0.1, -0.05) is 48.0 Å². The molecule has 1 atom stereocenters. The van der Waals surface area contributed by atoms with Crippen molar-refractivity contribution in [2.45, 2.75) is 38.8 Å². The van der Waals surface area contributed by atoms with Crippen molar-refractivity contribution >= 4 is 36.4 Å². The van der Waals surface area contributed by atoms with Gasteiger partial charge in [0.25, 0.3) is 0 Å². The van der Waals surface area contributed by atoms with E-state index in [-0.39, 0.29) is 24.8 Å². The summed E-state index contributed by atoms with van der Waals surface area (Å²) >= 11 is 6.54. The first-order valence-corrected chi connectivity index (χ1v) is 8.87. The Morgan fingerprint density at radius 1 is 1.08 bits per heavy atom. The van der Waals surface area contributed by atoms with Crippen molar-refractivity contribution in [1.29, 1.82) is 0 Å². The maximum absolute atomic E-state index is 6.54. The summed E-state index contributed by atoms with van der Waals surface area (Å²) in [6, 6.07) is 15.7. The number of hydrogen-bond acceptors (Lipinski definition) is 2. The lowest BCUT2D eigenvalue weighted by Gasteiger charge is -2.21. The molecule has 1 heterocycles. The Balaban J connectivity index is 0.00000156. The van der Waals surface area contributed by atoms with Crippen LogP contribution in [0.2, 0.25) is 5.02 Å². The fourth-order valence-electron chi connectivity index (χ4n) is 3.33. The lowest BCUT2D eigenvalue weighted by Crippen LogP contribution is -2.26. The summed E-state index contributed by atoms with van der Waals surface area (Å²) in [4.78, 5) is 2.52. The van der Waals surface area contributed by atoms with Gasteiger partial charge in [0, 0.05) is 17.6 Å². The highest BCUT2D eigenvalue weighted by molar-refractivity contribution is 6.31. The topological polar surface area (TPSA) is 29.3 Å². The maximum atomic E-state index is 6.54. The second-order valence-corrected chi connectivity index (χ2v) is 6.91. The van der Waals surface area contributed by atoms with Crippen LogP contribution in [-0.4, -0.2) is 24.0 Å². The van der Waals surface area contributed by atoms with E-state index in [4.69, 9.17) is 17.3 Å². The van der Waals surface area contributed by atoms with Crippen LogP contribution in [0.25, 0.3) is 11.1 Å². The van der Waals surface area contributed by atoms with Crippen LogP contribution in [0.3, 0.4) is 0 Å². The lowest BCUT2D eigenvalue weighted by atomic mass is 10.0. The summed E-state index contributed by atoms with van der Waals surface area (Å²) < 4.78 is 0. The van der Waals surface area contributed by atoms with E-state index in [9.17, 15) is 0 Å². The molecule has 2 nitrogen and oxygen atoms in total. The van der Waals surface area contributed by atoms with E-state index in [2.05, 4.69) is 54.3 Å². The summed E-state index contributed by atoms with van der Waals surface area (Å²) in [5.74, 6) is 0. The third-order valence-corrected chi connectivity index (χ3v) is 5.19. The van der Waals surface area contributed by atoms with E-state index in [1.807, 2.05) is 0 Å². The van der Waals surface area contributed by atoms with Gasteiger partial charge in [0.1, 0.15) is 0 Å². The number of nitrogens with two attached hydrogens (primary N) is 1. The zero-order valence-corrected chi connectivity index (χ0v) is 17.0. The second kappa shape index (κ2) is 10.4. The highest BCUT2D eigenvalue weighted by Gasteiger charge is 2.20. The van der Waals surface area contributed by atoms with Gasteiger partial charge in [0.2, 0.25) is 0 Å². The van der Waals surface area contributed by atoms with Crippen LogP contribution >= 0.6 is 36.4 Å². The standard InChI is InChI=1S/C20H25ClN2.2ClH/c1-15-3-2-12-23(15)14-19-9-8-18(13-20(19)21)17-6-4-16(5-7-17)10-11-22;;/h4-9,13,15H,2-3,10-12,14,22H2,1H3;2*1H/t15-;;/m1../s1. The maximum Gasteiger partial charge on any atom is 0.0457 e. The monoisotopic (exact) mass is 400 g/mol. The molecule has 0 spiro atoms. The molecule has 25 heavy (non-hydrogen) atoms. The van der Waals surface area contributed by atoms with Crippen LogP contribution in [0.15, 0.2) is 42.5 Å². The molecule has 1 saturated heterocycles. The van der Waals surface area contributed by atoms with Crippen molar-refractivity contribution < 1.29 is 0 Å². The molecule has 2 aromatic carbocycles. The molecule has 5 heteroatoms. The van der Waals surface area contributed by atoms with E-state index >= 15 is 0 Å². The number of rotatable bonds is 5. The zero-order valence-electron chi connectivity index (χ0n) is 14.6. The van der Waals surface area contributed by atoms with E-state index in [0.29, 0.717) is 12.6 Å². The Morgan fingerprint density at radius 2 is 1.76 bits per heavy atom. The third-order valence-electron chi connectivity index (χ3n) is 4.84. The number of hydrogen-bond donors (Lipinski definition) is 1. The zero-order chi connectivity index (χ0) is 16.2. The van der Waals surface area contributed by atoms with Gasteiger partial charge in [-0.25, -0.2) is 0 Å². The largest absolute Gasteiger partial charge is 0.330 e. The molecule has 0 aliphatic carbocycles. The van der Waals surface area contributed by atoms with Gasteiger partial charge >= 0.3 is 0 Å². The first kappa shape index (κ1) is 22.3. The van der Waals surface area contributed by atoms with Crippen LogP contribution in [-0.2, 0) is 13.0 Å². The minimum Gasteiger partial charge on any atom is -0.330 e. The van der Waals surface area contributed by atoms with E-state index in [0.717, 1.165) is 18.0 Å². The van der Waals surface area contributed by atoms with Gasteiger partial charge in [-0.05, 0) is 67.6 Å². The Bertz CT molecular complexity index is 658. The van der Waals surface area contributed by atoms with E-state index in [1.54, 1.807) is 0 Å². The molecule has 0 radical (unpaired) electrons. The highest BCUT2D eigenvalue weighted by atomic mass is 35.5. The summed E-state index contributed by atoms with van der Waals surface area (Å²) in [6.45, 7) is 5.13. The SMILES string of the molecule is C[C@@H]1CCCN1Cc1ccc(-c2ccc(CCN)cc2)cc1Cl.Cl.Cl. The van der Waals surface area contributed by atoms with Gasteiger partial charge in [-0.3, -0.25) is 4.90 Å². The first-order chi connectivity index (χ1) is 11.2. The van der Waals surface area contributed by atoms with Crippen molar-refractivity contribution in [1.82, 2.24) is 4.90 Å². The molecule has 138 valence electrons. The summed E-state index contributed by atoms with van der Waals surface area (Å²) in [7, 11) is 0. The number of benzene rings is 2. The van der Waals surface area contributed by atoms with E-state index in [1.165, 1.54) is 41.6 Å². The third kappa shape index (κ3) is 5.60. The molecule has 0 saturated carbocycles. The van der Waals surface area contributed by atoms with Crippen LogP contribution in [0, 0.1) is 0 Å². The fourth-order valence-corrected chi connectivity index (χ4v) is 3.57. The molecular weight excluding hydrogens is 375 g/mol. The lowest BCUT2D eigenvalue weighted by molar-refractivity contribution is 0.260. The predicted octanol–water partition coefficient (Wildman–Crippen LogP) is 5.34. The average molecular weight is 402 g/mol. The summed E-state index contributed by atoms with van der Waals surface area (Å²) in [5.41, 5.74) is 10.5. The van der Waals surface area contributed by atoms with Gasteiger partial charge in [0.15, 0.2) is 0 Å². The van der Waals surface area contributed by atoms with Gasteiger partial charge in [-0.15, -0.1) is 24.8 Å². The molecule has 1 aliphatic heterocycles. The molecule has 0 unspecified atom stereocenters. The molecule has 0 amide bonds. The molecular formula is C20H27Cl3N2. The molecule has 0 aromatic heterocycles. The Hall–Kier alpha value is -0.770. The van der Waals surface area contributed by atoms with Gasteiger partial charge < -0.3 is 5.73 Å². The van der Waals surface area contributed by atoms with Crippen molar-refractivity contribution in [3.63, 3.8) is 0 Å². The number of halogens is 3. The molecule has 1 aliphatic rings. The van der Waals surface area contributed by atoms with Crippen LogP contribution in [0.5, 0.6) is 0 Å². The van der Waals surface area contributed by atoms with Crippen molar-refractivity contribution in [2.75, 3.05) is 13.1 Å². The predicted molar refractivity (Wildman–Crippen MR) is 113 cm³/mol. The summed E-state index contributed by atoms with van der Waals surface area (Å²) in [5, 5.41) is 0.868. The minimum atomic E-state index is 0. The fraction of sp³-hybridized carbons (Fsp3) is 0.400. The van der Waals surface area contributed by atoms with Crippen LogP contribution in [0.1, 0.15) is 30.9 Å². The van der Waals surface area contributed by atoms with Crippen molar-refractivity contribution in [3.05, 3.63) is 58.6 Å². The first-order valence-electron chi connectivity index (χ1n) is 8.49. The van der Waals surface area contributed by atoms with Gasteiger partial charge in [-0.2, -0.15) is 0 Å². The normalized spacial score (nSPS) is 17.0. The quantitative estimate of drug-likeness (QED) is 0.733. The molecule has 1 fully saturated rings. The van der Waals surface area contributed by atoms with Crippen molar-refractivity contribution in [2.24, 2.45) is 5.73 Å². The summed E-state index contributed by atoms with van der Waals surface area (Å²) in [6.07, 6.45) is 3.52. The Kier molecular flexibility index (Phi) is 9.26. The molecule has 3 rings (SSSR count). The molecule has 2 aromatic rings. The Labute approximate surface area is 168 Å². The Morgan fingerprint density at radius 3 is 2.32 bits per heavy atom. The van der Waals surface area contributed by atoms with Crippen LogP contribution in [0.4, 0.5) is 0 Å². The second-order valence-electron chi connectivity index (χ2n) is 6.50. The average Bonchev–Trinajstić information content (AvgIpc) is 2.95. The molecule has 0 bridgehead atoms.